The Balaban J connectivity index is 1.94. The molecular weight excluding hydrogens is 398 g/mol. The number of ether oxygens (including phenoxy) is 1. The van der Waals surface area contributed by atoms with Gasteiger partial charge in [0.1, 0.15) is 5.75 Å². The molecule has 122 valence electrons. The number of nitrogens with zero attached hydrogens (tertiary/aromatic N) is 1. The second-order valence-electron chi connectivity index (χ2n) is 4.59. The molecule has 0 atom stereocenters. The molecule has 5 nitrogen and oxygen atoms in total. The maximum absolute atomic E-state index is 12.2. The van der Waals surface area contributed by atoms with Crippen LogP contribution in [-0.2, 0) is 0 Å². The lowest BCUT2D eigenvalue weighted by Gasteiger charge is -2.10. The molecule has 0 bridgehead atoms. The molecule has 0 radical (unpaired) electrons. The maximum atomic E-state index is 12.2. The van der Waals surface area contributed by atoms with Gasteiger partial charge in [-0.2, -0.15) is 0 Å². The minimum absolute atomic E-state index is 0.212. The SMILES string of the molecule is CCCCOc1ccc(C(=O)NC(=S)Nc2nccs2)cc1Br. The number of unbranched alkanes of at least 4 members (excludes halogenated alkanes) is 1. The highest BCUT2D eigenvalue weighted by molar-refractivity contribution is 9.10. The standard InChI is InChI=1S/C15H16BrN3O2S2/c1-2-3-7-21-12-5-4-10(9-11(12)16)13(20)18-14(22)19-15-17-6-8-23-15/h4-6,8-9H,2-3,7H2,1H3,(H2,17,18,19,20,22). The maximum Gasteiger partial charge on any atom is 0.257 e. The molecule has 8 heteroatoms. The Morgan fingerprint density at radius 2 is 2.30 bits per heavy atom. The molecule has 1 amide bonds. The molecule has 2 rings (SSSR count). The highest BCUT2D eigenvalue weighted by Gasteiger charge is 2.11. The van der Waals surface area contributed by atoms with E-state index in [9.17, 15) is 4.79 Å². The predicted octanol–water partition coefficient (Wildman–Crippen LogP) is 4.21. The smallest absolute Gasteiger partial charge is 0.257 e. The van der Waals surface area contributed by atoms with Crippen LogP contribution in [0.2, 0.25) is 0 Å². The van der Waals surface area contributed by atoms with E-state index < -0.39 is 0 Å². The highest BCUT2D eigenvalue weighted by atomic mass is 79.9. The molecule has 1 heterocycles. The van der Waals surface area contributed by atoms with E-state index in [1.807, 2.05) is 5.38 Å². The number of anilines is 1. The second kappa shape index (κ2) is 8.95. The quantitative estimate of drug-likeness (QED) is 0.548. The van der Waals surface area contributed by atoms with E-state index in [2.05, 4.69) is 38.5 Å². The Hall–Kier alpha value is -1.51. The summed E-state index contributed by atoms with van der Waals surface area (Å²) in [5.74, 6) is 0.429. The molecule has 23 heavy (non-hydrogen) atoms. The monoisotopic (exact) mass is 413 g/mol. The van der Waals surface area contributed by atoms with Crippen molar-refractivity contribution in [3.8, 4) is 5.75 Å². The van der Waals surface area contributed by atoms with Gasteiger partial charge >= 0.3 is 0 Å². The molecule has 1 aromatic heterocycles. The Bertz CT molecular complexity index is 677. The van der Waals surface area contributed by atoms with Crippen LogP contribution in [0.15, 0.2) is 34.2 Å². The zero-order chi connectivity index (χ0) is 16.7. The van der Waals surface area contributed by atoms with Crippen LogP contribution in [0.4, 0.5) is 5.13 Å². The van der Waals surface area contributed by atoms with Crippen LogP contribution in [0.3, 0.4) is 0 Å². The van der Waals surface area contributed by atoms with Crippen molar-refractivity contribution in [3.05, 3.63) is 39.8 Å². The van der Waals surface area contributed by atoms with Gasteiger partial charge in [-0.05, 0) is 52.8 Å². The summed E-state index contributed by atoms with van der Waals surface area (Å²) in [6.45, 7) is 2.76. The molecular formula is C15H16BrN3O2S2. The van der Waals surface area contributed by atoms with Crippen molar-refractivity contribution in [1.29, 1.82) is 0 Å². The van der Waals surface area contributed by atoms with Crippen molar-refractivity contribution in [2.24, 2.45) is 0 Å². The highest BCUT2D eigenvalue weighted by Crippen LogP contribution is 2.26. The van der Waals surface area contributed by atoms with Crippen molar-refractivity contribution < 1.29 is 9.53 Å². The van der Waals surface area contributed by atoms with E-state index >= 15 is 0 Å². The summed E-state index contributed by atoms with van der Waals surface area (Å²) in [7, 11) is 0. The molecule has 2 N–H and O–H groups in total. The molecule has 0 aliphatic heterocycles. The Morgan fingerprint density at radius 1 is 1.48 bits per heavy atom. The van der Waals surface area contributed by atoms with Crippen LogP contribution in [0, 0.1) is 0 Å². The third-order valence-electron chi connectivity index (χ3n) is 2.83. The summed E-state index contributed by atoms with van der Waals surface area (Å²) in [5.41, 5.74) is 0.489. The number of carbonyl (C=O) groups is 1. The summed E-state index contributed by atoms with van der Waals surface area (Å²) >= 11 is 9.92. The number of amides is 1. The van der Waals surface area contributed by atoms with Gasteiger partial charge in [-0.15, -0.1) is 11.3 Å². The van der Waals surface area contributed by atoms with E-state index in [1.165, 1.54) is 11.3 Å². The van der Waals surface area contributed by atoms with E-state index in [1.54, 1.807) is 24.4 Å². The molecule has 0 aliphatic carbocycles. The van der Waals surface area contributed by atoms with Gasteiger partial charge in [0.15, 0.2) is 10.2 Å². The van der Waals surface area contributed by atoms with Crippen molar-refractivity contribution in [2.45, 2.75) is 19.8 Å². The third-order valence-corrected chi connectivity index (χ3v) is 4.34. The lowest BCUT2D eigenvalue weighted by atomic mass is 10.2. The van der Waals surface area contributed by atoms with Crippen molar-refractivity contribution in [1.82, 2.24) is 10.3 Å². The number of benzene rings is 1. The molecule has 0 saturated carbocycles. The molecule has 0 unspecified atom stereocenters. The molecule has 0 saturated heterocycles. The fourth-order valence-corrected chi connectivity index (χ4v) is 2.95. The van der Waals surface area contributed by atoms with Crippen LogP contribution < -0.4 is 15.4 Å². The first-order valence-corrected chi connectivity index (χ1v) is 9.12. The number of halogens is 1. The van der Waals surface area contributed by atoms with Gasteiger partial charge in [-0.1, -0.05) is 13.3 Å². The van der Waals surface area contributed by atoms with Crippen molar-refractivity contribution in [3.63, 3.8) is 0 Å². The van der Waals surface area contributed by atoms with Crippen molar-refractivity contribution in [2.75, 3.05) is 11.9 Å². The number of carbonyl (C=O) groups excluding carboxylic acids is 1. The lowest BCUT2D eigenvalue weighted by Crippen LogP contribution is -2.34. The number of hydrogen-bond donors (Lipinski definition) is 2. The van der Waals surface area contributed by atoms with Gasteiger partial charge < -0.3 is 10.1 Å². The first-order chi connectivity index (χ1) is 11.1. The number of thiazole rings is 1. The minimum Gasteiger partial charge on any atom is -0.492 e. The van der Waals surface area contributed by atoms with Crippen LogP contribution >= 0.6 is 39.5 Å². The van der Waals surface area contributed by atoms with Gasteiger partial charge in [0.2, 0.25) is 0 Å². The molecule has 2 aromatic rings. The van der Waals surface area contributed by atoms with Gasteiger partial charge in [0.05, 0.1) is 11.1 Å². The number of thiocarbonyl (C=S) groups is 1. The normalized spacial score (nSPS) is 10.2. The van der Waals surface area contributed by atoms with E-state index in [0.717, 1.165) is 23.1 Å². The number of nitrogens with one attached hydrogen (secondary N) is 2. The number of rotatable bonds is 6. The van der Waals surface area contributed by atoms with Crippen LogP contribution in [0.25, 0.3) is 0 Å². The van der Waals surface area contributed by atoms with Crippen molar-refractivity contribution >= 4 is 55.6 Å². The zero-order valence-corrected chi connectivity index (χ0v) is 15.7. The van der Waals surface area contributed by atoms with Crippen LogP contribution in [0.1, 0.15) is 30.1 Å². The predicted molar refractivity (Wildman–Crippen MR) is 100 cm³/mol. The fraction of sp³-hybridized carbons (Fsp3) is 0.267. The Labute approximate surface area is 152 Å². The summed E-state index contributed by atoms with van der Waals surface area (Å²) in [6, 6.07) is 5.18. The van der Waals surface area contributed by atoms with Gasteiger partial charge in [0, 0.05) is 17.1 Å². The number of hydrogen-bond acceptors (Lipinski definition) is 5. The number of aromatic nitrogens is 1. The third kappa shape index (κ3) is 5.56. The minimum atomic E-state index is -0.292. The Morgan fingerprint density at radius 3 is 2.96 bits per heavy atom. The van der Waals surface area contributed by atoms with Gasteiger partial charge in [0.25, 0.3) is 5.91 Å². The fourth-order valence-electron chi connectivity index (χ4n) is 1.67. The largest absolute Gasteiger partial charge is 0.492 e. The average Bonchev–Trinajstić information content (AvgIpc) is 3.01. The van der Waals surface area contributed by atoms with E-state index in [0.29, 0.717) is 17.3 Å². The zero-order valence-electron chi connectivity index (χ0n) is 12.5. The average molecular weight is 414 g/mol. The molecule has 0 fully saturated rings. The molecule has 1 aromatic carbocycles. The van der Waals surface area contributed by atoms with E-state index in [4.69, 9.17) is 17.0 Å². The summed E-state index contributed by atoms with van der Waals surface area (Å²) < 4.78 is 6.38. The van der Waals surface area contributed by atoms with E-state index in [-0.39, 0.29) is 11.0 Å². The topological polar surface area (TPSA) is 63.2 Å². The first kappa shape index (κ1) is 17.8. The van der Waals surface area contributed by atoms with Gasteiger partial charge in [-0.25, -0.2) is 4.98 Å². The van der Waals surface area contributed by atoms with Crippen LogP contribution in [-0.4, -0.2) is 22.6 Å². The summed E-state index contributed by atoms with van der Waals surface area (Å²) in [6.07, 6.45) is 3.72. The second-order valence-corrected chi connectivity index (χ2v) is 6.75. The molecule has 0 spiro atoms. The molecule has 0 aliphatic rings. The Kier molecular flexibility index (Phi) is 6.94. The van der Waals surface area contributed by atoms with Gasteiger partial charge in [-0.3, -0.25) is 10.1 Å². The van der Waals surface area contributed by atoms with Crippen LogP contribution in [0.5, 0.6) is 5.75 Å². The summed E-state index contributed by atoms with van der Waals surface area (Å²) in [4.78, 5) is 16.2. The first-order valence-electron chi connectivity index (χ1n) is 7.04. The lowest BCUT2D eigenvalue weighted by molar-refractivity contribution is 0.0977. The summed E-state index contributed by atoms with van der Waals surface area (Å²) in [5, 5.41) is 8.14.